The van der Waals surface area contributed by atoms with Crippen LogP contribution in [0.3, 0.4) is 0 Å². The summed E-state index contributed by atoms with van der Waals surface area (Å²) in [5.74, 6) is -1.05. The molecule has 0 aliphatic carbocycles. The van der Waals surface area contributed by atoms with Crippen LogP contribution in [-0.2, 0) is 14.3 Å². The van der Waals surface area contributed by atoms with Crippen LogP contribution in [0.5, 0.6) is 0 Å². The molecule has 0 aromatic heterocycles. The Hall–Kier alpha value is -1.10. The molecule has 8 N–H and O–H groups in total. The van der Waals surface area contributed by atoms with Crippen molar-refractivity contribution < 1.29 is 34.8 Å². The number of hydrogen-bond acceptors (Lipinski definition) is 8. The van der Waals surface area contributed by atoms with Crippen molar-refractivity contribution in [1.29, 1.82) is 0 Å². The van der Waals surface area contributed by atoms with Crippen LogP contribution in [0.15, 0.2) is 0 Å². The number of carbonyl (C=O) groups is 2. The summed E-state index contributed by atoms with van der Waals surface area (Å²) in [7, 11) is 0. The zero-order valence-corrected chi connectivity index (χ0v) is 11.5. The lowest BCUT2D eigenvalue weighted by Gasteiger charge is -2.40. The molecule has 0 saturated carbocycles. The fourth-order valence-electron chi connectivity index (χ4n) is 2.16. The Bertz CT molecular complexity index is 377. The average molecular weight is 306 g/mol. The normalized spacial score (nSPS) is 34.4. The Kier molecular flexibility index (Phi) is 6.65. The number of primary amides is 1. The molecule has 1 saturated heterocycles. The largest absolute Gasteiger partial charge is 0.394 e. The van der Waals surface area contributed by atoms with Crippen LogP contribution in [0.1, 0.15) is 19.3 Å². The number of ketones is 1. The first-order chi connectivity index (χ1) is 9.77. The molecule has 9 heteroatoms. The number of aliphatic hydroxyl groups is 4. The minimum atomic E-state index is -1.53. The molecule has 1 aliphatic rings. The number of amides is 1. The number of ether oxygens (including phenoxy) is 1. The van der Waals surface area contributed by atoms with Crippen LogP contribution in [-0.4, -0.2) is 75.3 Å². The van der Waals surface area contributed by atoms with Crippen LogP contribution in [0.4, 0.5) is 0 Å². The van der Waals surface area contributed by atoms with Gasteiger partial charge in [-0.15, -0.1) is 0 Å². The van der Waals surface area contributed by atoms with E-state index in [2.05, 4.69) is 0 Å². The summed E-state index contributed by atoms with van der Waals surface area (Å²) in [5, 5.41) is 38.0. The van der Waals surface area contributed by atoms with Crippen LogP contribution < -0.4 is 11.5 Å². The van der Waals surface area contributed by atoms with Crippen LogP contribution in [0, 0.1) is 0 Å². The molecule has 122 valence electrons. The molecule has 21 heavy (non-hydrogen) atoms. The lowest BCUT2D eigenvalue weighted by atomic mass is 9.91. The van der Waals surface area contributed by atoms with Crippen molar-refractivity contribution in [3.05, 3.63) is 0 Å². The summed E-state index contributed by atoms with van der Waals surface area (Å²) >= 11 is 0. The summed E-state index contributed by atoms with van der Waals surface area (Å²) in [6, 6.07) is -0.940. The number of aliphatic hydroxyl groups excluding tert-OH is 4. The van der Waals surface area contributed by atoms with Gasteiger partial charge in [-0.3, -0.25) is 9.59 Å². The Balaban J connectivity index is 2.59. The lowest BCUT2D eigenvalue weighted by molar-refractivity contribution is -0.229. The second kappa shape index (κ2) is 7.78. The fourth-order valence-corrected chi connectivity index (χ4v) is 2.16. The first-order valence-electron chi connectivity index (χ1n) is 6.65. The standard InChI is InChI=1S/C12H22N2O7/c13-5(1-2-9(14)17)6(16)3-7-10(18)12(20)11(19)8(4-15)21-7/h5,7-8,10-12,15,18-20H,1-4,13H2,(H2,14,17)/t5-,7-,8+,10-,11+,12+/m0/s1. The van der Waals surface area contributed by atoms with Gasteiger partial charge < -0.3 is 36.6 Å². The molecule has 1 aliphatic heterocycles. The molecule has 0 spiro atoms. The van der Waals surface area contributed by atoms with E-state index in [0.29, 0.717) is 0 Å². The van der Waals surface area contributed by atoms with E-state index in [1.807, 2.05) is 0 Å². The van der Waals surface area contributed by atoms with Crippen molar-refractivity contribution in [2.45, 2.75) is 55.8 Å². The van der Waals surface area contributed by atoms with Crippen molar-refractivity contribution in [2.24, 2.45) is 11.5 Å². The summed E-state index contributed by atoms with van der Waals surface area (Å²) < 4.78 is 5.20. The molecule has 0 aromatic rings. The number of rotatable bonds is 7. The van der Waals surface area contributed by atoms with Gasteiger partial charge in [0.25, 0.3) is 0 Å². The zero-order valence-electron chi connectivity index (χ0n) is 11.5. The predicted octanol–water partition coefficient (Wildman–Crippen LogP) is -3.62. The Morgan fingerprint density at radius 1 is 1.10 bits per heavy atom. The van der Waals surface area contributed by atoms with Gasteiger partial charge in [0, 0.05) is 12.8 Å². The van der Waals surface area contributed by atoms with Gasteiger partial charge in [0.1, 0.15) is 24.4 Å². The molecular formula is C12H22N2O7. The zero-order chi connectivity index (χ0) is 16.2. The average Bonchev–Trinajstić information content (AvgIpc) is 2.44. The van der Waals surface area contributed by atoms with Gasteiger partial charge in [0.15, 0.2) is 5.78 Å². The van der Waals surface area contributed by atoms with Crippen molar-refractivity contribution in [3.8, 4) is 0 Å². The minimum Gasteiger partial charge on any atom is -0.394 e. The lowest BCUT2D eigenvalue weighted by Crippen LogP contribution is -2.59. The fraction of sp³-hybridized carbons (Fsp3) is 0.833. The Morgan fingerprint density at radius 2 is 1.67 bits per heavy atom. The topological polar surface area (TPSA) is 176 Å². The van der Waals surface area contributed by atoms with E-state index in [9.17, 15) is 24.9 Å². The maximum atomic E-state index is 11.9. The number of carbonyl (C=O) groups excluding carboxylic acids is 2. The van der Waals surface area contributed by atoms with Crippen LogP contribution >= 0.6 is 0 Å². The molecule has 1 fully saturated rings. The highest BCUT2D eigenvalue weighted by Crippen LogP contribution is 2.23. The van der Waals surface area contributed by atoms with Crippen molar-refractivity contribution in [2.75, 3.05) is 6.61 Å². The van der Waals surface area contributed by atoms with Crippen molar-refractivity contribution in [1.82, 2.24) is 0 Å². The molecule has 1 rings (SSSR count). The highest BCUT2D eigenvalue weighted by Gasteiger charge is 2.44. The molecule has 0 aromatic carbocycles. The summed E-state index contributed by atoms with van der Waals surface area (Å²) in [4.78, 5) is 22.5. The van der Waals surface area contributed by atoms with Gasteiger partial charge in [-0.05, 0) is 6.42 Å². The second-order valence-corrected chi connectivity index (χ2v) is 5.15. The third-order valence-corrected chi connectivity index (χ3v) is 3.51. The van der Waals surface area contributed by atoms with Crippen LogP contribution in [0.25, 0.3) is 0 Å². The Morgan fingerprint density at radius 3 is 2.19 bits per heavy atom. The molecule has 6 atom stereocenters. The van der Waals surface area contributed by atoms with E-state index in [4.69, 9.17) is 21.3 Å². The quantitative estimate of drug-likeness (QED) is 0.279. The first kappa shape index (κ1) is 18.0. The van der Waals surface area contributed by atoms with Crippen molar-refractivity contribution >= 4 is 11.7 Å². The van der Waals surface area contributed by atoms with E-state index >= 15 is 0 Å². The molecule has 1 heterocycles. The number of Topliss-reactive ketones (excluding diaryl/α,β-unsaturated/α-hetero) is 1. The van der Waals surface area contributed by atoms with Gasteiger partial charge in [0.05, 0.1) is 18.8 Å². The molecular weight excluding hydrogens is 284 g/mol. The third kappa shape index (κ3) is 4.70. The summed E-state index contributed by atoms with van der Waals surface area (Å²) in [6.07, 6.45) is -6.91. The highest BCUT2D eigenvalue weighted by atomic mass is 16.5. The number of nitrogens with two attached hydrogens (primary N) is 2. The molecule has 9 nitrogen and oxygen atoms in total. The third-order valence-electron chi connectivity index (χ3n) is 3.51. The first-order valence-corrected chi connectivity index (χ1v) is 6.65. The van der Waals surface area contributed by atoms with Gasteiger partial charge in [-0.1, -0.05) is 0 Å². The van der Waals surface area contributed by atoms with Gasteiger partial charge in [0.2, 0.25) is 5.91 Å². The highest BCUT2D eigenvalue weighted by molar-refractivity contribution is 5.85. The van der Waals surface area contributed by atoms with E-state index in [-0.39, 0.29) is 19.3 Å². The molecule has 0 radical (unpaired) electrons. The summed E-state index contributed by atoms with van der Waals surface area (Å²) in [5.41, 5.74) is 10.6. The minimum absolute atomic E-state index is 0.0401. The smallest absolute Gasteiger partial charge is 0.217 e. The summed E-state index contributed by atoms with van der Waals surface area (Å²) in [6.45, 7) is -0.566. The number of hydrogen-bond donors (Lipinski definition) is 6. The van der Waals surface area contributed by atoms with Gasteiger partial charge in [-0.25, -0.2) is 0 Å². The molecule has 0 bridgehead atoms. The van der Waals surface area contributed by atoms with E-state index < -0.39 is 54.9 Å². The molecule has 0 unspecified atom stereocenters. The van der Waals surface area contributed by atoms with E-state index in [1.165, 1.54) is 0 Å². The van der Waals surface area contributed by atoms with Crippen LogP contribution in [0.2, 0.25) is 0 Å². The van der Waals surface area contributed by atoms with E-state index in [0.717, 1.165) is 0 Å². The molecule has 1 amide bonds. The monoisotopic (exact) mass is 306 g/mol. The van der Waals surface area contributed by atoms with E-state index in [1.54, 1.807) is 0 Å². The second-order valence-electron chi connectivity index (χ2n) is 5.15. The van der Waals surface area contributed by atoms with Gasteiger partial charge >= 0.3 is 0 Å². The maximum Gasteiger partial charge on any atom is 0.217 e. The SMILES string of the molecule is NC(=O)CC[C@H](N)C(=O)C[C@@H]1O[C@H](CO)[C@@H](O)[C@H](O)[C@H]1O. The van der Waals surface area contributed by atoms with Gasteiger partial charge in [-0.2, -0.15) is 0 Å². The maximum absolute atomic E-state index is 11.9. The van der Waals surface area contributed by atoms with Crippen molar-refractivity contribution in [3.63, 3.8) is 0 Å². The Labute approximate surface area is 121 Å². The predicted molar refractivity (Wildman–Crippen MR) is 69.8 cm³/mol.